The number of nitrogens with two attached hydrogens (primary N) is 1. The lowest BCUT2D eigenvalue weighted by Crippen LogP contribution is -2.07. The van der Waals surface area contributed by atoms with E-state index in [0.717, 1.165) is 0 Å². The first-order valence-electron chi connectivity index (χ1n) is 3.16. The molecule has 0 atom stereocenters. The Balaban J connectivity index is 2.79. The molecule has 0 fully saturated rings. The van der Waals surface area contributed by atoms with Gasteiger partial charge in [-0.25, -0.2) is 0 Å². The van der Waals surface area contributed by atoms with E-state index < -0.39 is 0 Å². The van der Waals surface area contributed by atoms with E-state index in [0.29, 0.717) is 18.8 Å². The molecule has 0 radical (unpaired) electrons. The molecule has 0 bridgehead atoms. The van der Waals surface area contributed by atoms with Crippen LogP contribution in [0.15, 0.2) is 10.9 Å². The Bertz CT molecular complexity index is 329. The molecule has 11 heavy (non-hydrogen) atoms. The zero-order valence-corrected chi connectivity index (χ0v) is 5.87. The first-order valence-corrected chi connectivity index (χ1v) is 3.16. The minimum atomic E-state index is -0.236. The van der Waals surface area contributed by atoms with Crippen LogP contribution in [0.3, 0.4) is 0 Å². The van der Waals surface area contributed by atoms with Crippen LogP contribution in [0.25, 0.3) is 0 Å². The van der Waals surface area contributed by atoms with Crippen molar-refractivity contribution in [2.75, 3.05) is 5.73 Å². The Morgan fingerprint density at radius 2 is 2.55 bits per heavy atom. The number of nitriles is 1. The largest absolute Gasteiger partial charge is 0.384 e. The number of H-pyrrole nitrogens is 1. The summed E-state index contributed by atoms with van der Waals surface area (Å²) in [5.41, 5.74) is 5.17. The van der Waals surface area contributed by atoms with Crippen LogP contribution >= 0.6 is 0 Å². The minimum Gasteiger partial charge on any atom is -0.384 e. The summed E-state index contributed by atoms with van der Waals surface area (Å²) in [5, 5.41) is 10.7. The number of anilines is 1. The van der Waals surface area contributed by atoms with Gasteiger partial charge in [0.25, 0.3) is 5.56 Å². The van der Waals surface area contributed by atoms with Crippen molar-refractivity contribution in [2.24, 2.45) is 0 Å². The van der Waals surface area contributed by atoms with E-state index in [1.54, 1.807) is 0 Å². The van der Waals surface area contributed by atoms with Crippen LogP contribution in [0.1, 0.15) is 6.42 Å². The van der Waals surface area contributed by atoms with Crippen LogP contribution in [0.5, 0.6) is 0 Å². The number of nitrogen functional groups attached to an aromatic ring is 1. The van der Waals surface area contributed by atoms with Gasteiger partial charge in [0.15, 0.2) is 0 Å². The molecule has 0 spiro atoms. The summed E-state index contributed by atoms with van der Waals surface area (Å²) in [5.74, 6) is 0.366. The molecule has 1 aromatic heterocycles. The maximum absolute atomic E-state index is 10.6. The molecule has 0 amide bonds. The fraction of sp³-hybridized carbons (Fsp3) is 0.333. The Kier molecular flexibility index (Phi) is 1.97. The van der Waals surface area contributed by atoms with E-state index >= 15 is 0 Å². The van der Waals surface area contributed by atoms with Gasteiger partial charge in [-0.3, -0.25) is 14.6 Å². The van der Waals surface area contributed by atoms with Gasteiger partial charge < -0.3 is 5.73 Å². The molecule has 0 unspecified atom stereocenters. The SMILES string of the molecule is N#CCCn1[nH]c(=O)cc1N. The molecule has 0 aliphatic rings. The normalized spacial score (nSPS) is 9.36. The molecule has 58 valence electrons. The quantitative estimate of drug-likeness (QED) is 0.608. The van der Waals surface area contributed by atoms with Crippen LogP contribution in [0.2, 0.25) is 0 Å². The summed E-state index contributed by atoms with van der Waals surface area (Å²) in [6.45, 7) is 0.435. The fourth-order valence-corrected chi connectivity index (χ4v) is 0.789. The molecule has 5 heteroatoms. The Morgan fingerprint density at radius 1 is 1.82 bits per heavy atom. The van der Waals surface area contributed by atoms with Gasteiger partial charge in [0.05, 0.1) is 19.0 Å². The number of nitrogens with one attached hydrogen (secondary N) is 1. The van der Waals surface area contributed by atoms with E-state index in [1.807, 2.05) is 6.07 Å². The van der Waals surface area contributed by atoms with Gasteiger partial charge in [0.2, 0.25) is 0 Å². The smallest absolute Gasteiger partial charge is 0.266 e. The average Bonchev–Trinajstić information content (AvgIpc) is 2.26. The van der Waals surface area contributed by atoms with E-state index in [2.05, 4.69) is 5.10 Å². The van der Waals surface area contributed by atoms with Crippen molar-refractivity contribution >= 4 is 5.82 Å². The maximum Gasteiger partial charge on any atom is 0.266 e. The molecule has 1 heterocycles. The second-order valence-electron chi connectivity index (χ2n) is 2.11. The van der Waals surface area contributed by atoms with Crippen LogP contribution in [0.4, 0.5) is 5.82 Å². The molecule has 0 aliphatic heterocycles. The van der Waals surface area contributed by atoms with Crippen LogP contribution in [-0.2, 0) is 6.54 Å². The molecule has 1 rings (SSSR count). The zero-order chi connectivity index (χ0) is 8.27. The molecule has 5 nitrogen and oxygen atoms in total. The standard InChI is InChI=1S/C6H8N4O/c7-2-1-3-10-5(8)4-6(11)9-10/h4H,1,3,8H2,(H,9,11). The highest BCUT2D eigenvalue weighted by Crippen LogP contribution is 1.95. The van der Waals surface area contributed by atoms with Gasteiger partial charge in [-0.15, -0.1) is 0 Å². The first kappa shape index (κ1) is 7.41. The summed E-state index contributed by atoms with van der Waals surface area (Å²) in [6, 6.07) is 3.24. The van der Waals surface area contributed by atoms with E-state index in [1.165, 1.54) is 10.7 Å². The van der Waals surface area contributed by atoms with Gasteiger partial charge >= 0.3 is 0 Å². The van der Waals surface area contributed by atoms with Crippen molar-refractivity contribution in [1.82, 2.24) is 9.78 Å². The first-order chi connectivity index (χ1) is 5.24. The Labute approximate surface area is 63.0 Å². The molecule has 0 aliphatic carbocycles. The highest BCUT2D eigenvalue weighted by molar-refractivity contribution is 5.25. The molecular weight excluding hydrogens is 144 g/mol. The van der Waals surface area contributed by atoms with Crippen LogP contribution < -0.4 is 11.3 Å². The molecule has 0 saturated heterocycles. The number of hydrogen-bond acceptors (Lipinski definition) is 3. The second-order valence-corrected chi connectivity index (χ2v) is 2.11. The highest BCUT2D eigenvalue weighted by Gasteiger charge is 1.97. The fourth-order valence-electron chi connectivity index (χ4n) is 0.789. The van der Waals surface area contributed by atoms with Crippen molar-refractivity contribution in [3.63, 3.8) is 0 Å². The second kappa shape index (κ2) is 2.92. The molecule has 0 aromatic carbocycles. The topological polar surface area (TPSA) is 87.6 Å². The minimum absolute atomic E-state index is 0.236. The molecule has 3 N–H and O–H groups in total. The summed E-state index contributed by atoms with van der Waals surface area (Å²) < 4.78 is 1.45. The van der Waals surface area contributed by atoms with Crippen molar-refractivity contribution in [3.05, 3.63) is 16.4 Å². The summed E-state index contributed by atoms with van der Waals surface area (Å²) in [7, 11) is 0. The van der Waals surface area contributed by atoms with Gasteiger partial charge in [0, 0.05) is 6.07 Å². The number of aromatic amines is 1. The highest BCUT2D eigenvalue weighted by atomic mass is 16.1. The van der Waals surface area contributed by atoms with Crippen molar-refractivity contribution in [1.29, 1.82) is 5.26 Å². The number of nitrogens with zero attached hydrogens (tertiary/aromatic N) is 2. The summed E-state index contributed by atoms with van der Waals surface area (Å²) in [6.07, 6.45) is 0.342. The molecular formula is C6H8N4O. The van der Waals surface area contributed by atoms with E-state index in [4.69, 9.17) is 11.0 Å². The predicted octanol–water partition coefficient (Wildman–Crippen LogP) is -0.328. The van der Waals surface area contributed by atoms with E-state index in [9.17, 15) is 4.79 Å². The van der Waals surface area contributed by atoms with Crippen molar-refractivity contribution in [2.45, 2.75) is 13.0 Å². The summed E-state index contributed by atoms with van der Waals surface area (Å²) >= 11 is 0. The average molecular weight is 152 g/mol. The van der Waals surface area contributed by atoms with Crippen molar-refractivity contribution in [3.8, 4) is 6.07 Å². The third-order valence-corrected chi connectivity index (χ3v) is 1.28. The number of aromatic nitrogens is 2. The lowest BCUT2D eigenvalue weighted by Gasteiger charge is -1.98. The third-order valence-electron chi connectivity index (χ3n) is 1.28. The van der Waals surface area contributed by atoms with E-state index in [-0.39, 0.29) is 5.56 Å². The van der Waals surface area contributed by atoms with Gasteiger partial charge in [-0.2, -0.15) is 5.26 Å². The van der Waals surface area contributed by atoms with Gasteiger partial charge in [-0.1, -0.05) is 0 Å². The number of hydrogen-bond donors (Lipinski definition) is 2. The lowest BCUT2D eigenvalue weighted by molar-refractivity contribution is 0.631. The van der Waals surface area contributed by atoms with Crippen LogP contribution in [-0.4, -0.2) is 9.78 Å². The van der Waals surface area contributed by atoms with Gasteiger partial charge in [-0.05, 0) is 0 Å². The maximum atomic E-state index is 10.6. The third kappa shape index (κ3) is 1.61. The van der Waals surface area contributed by atoms with Gasteiger partial charge in [0.1, 0.15) is 5.82 Å². The Morgan fingerprint density at radius 3 is 3.00 bits per heavy atom. The lowest BCUT2D eigenvalue weighted by atomic mass is 10.5. The molecule has 1 aromatic rings. The van der Waals surface area contributed by atoms with Crippen LogP contribution in [0, 0.1) is 11.3 Å². The monoisotopic (exact) mass is 152 g/mol. The summed E-state index contributed by atoms with van der Waals surface area (Å²) in [4.78, 5) is 10.6. The number of rotatable bonds is 2. The Hall–Kier alpha value is -1.70. The molecule has 0 saturated carbocycles. The van der Waals surface area contributed by atoms with Crippen molar-refractivity contribution < 1.29 is 0 Å². The zero-order valence-electron chi connectivity index (χ0n) is 5.87. The predicted molar refractivity (Wildman–Crippen MR) is 39.7 cm³/mol. The number of aryl methyl sites for hydroxylation is 1.